The smallest absolute Gasteiger partial charge is 0.0998 e. The molecule has 0 amide bonds. The number of hydrogen-bond acceptors (Lipinski definition) is 1. The van der Waals surface area contributed by atoms with Crippen LogP contribution in [0.15, 0.2) is 36.7 Å². The summed E-state index contributed by atoms with van der Waals surface area (Å²) in [6, 6.07) is 9.69. The zero-order valence-corrected chi connectivity index (χ0v) is 12.8. The van der Waals surface area contributed by atoms with Crippen LogP contribution in [0, 0.1) is 11.3 Å². The van der Waals surface area contributed by atoms with E-state index in [1.807, 2.05) is 24.5 Å². The summed E-state index contributed by atoms with van der Waals surface area (Å²) in [6.45, 7) is 4.21. The fourth-order valence-corrected chi connectivity index (χ4v) is 2.39. The molecule has 0 bridgehead atoms. The van der Waals surface area contributed by atoms with Gasteiger partial charge in [-0.3, -0.25) is 0 Å². The summed E-state index contributed by atoms with van der Waals surface area (Å²) in [7, 11) is 0. The molecule has 0 radical (unpaired) electrons. The third-order valence-corrected chi connectivity index (χ3v) is 3.53. The lowest BCUT2D eigenvalue weighted by molar-refractivity contribution is 0.603. The van der Waals surface area contributed by atoms with Crippen LogP contribution >= 0.6 is 23.2 Å². The quantitative estimate of drug-likeness (QED) is 0.694. The standard InChI is InChI=1S/C16H14Cl2N2/c1-11(2)20-6-5-12(10-20)7-13(9-19)15-4-3-14(17)8-16(15)18/h3-8,10-11H,1-2H3/b13-7+. The number of aromatic nitrogens is 1. The van der Waals surface area contributed by atoms with Gasteiger partial charge in [-0.15, -0.1) is 0 Å². The zero-order valence-electron chi connectivity index (χ0n) is 11.3. The van der Waals surface area contributed by atoms with E-state index >= 15 is 0 Å². The maximum Gasteiger partial charge on any atom is 0.0998 e. The molecule has 0 atom stereocenters. The highest BCUT2D eigenvalue weighted by Crippen LogP contribution is 2.28. The Hall–Kier alpha value is -1.69. The lowest BCUT2D eigenvalue weighted by atomic mass is 10.1. The van der Waals surface area contributed by atoms with Crippen LogP contribution in [0.25, 0.3) is 11.6 Å². The van der Waals surface area contributed by atoms with Crippen molar-refractivity contribution in [1.29, 1.82) is 5.26 Å². The molecule has 2 nitrogen and oxygen atoms in total. The Kier molecular flexibility index (Phi) is 4.54. The van der Waals surface area contributed by atoms with Crippen LogP contribution in [0.5, 0.6) is 0 Å². The van der Waals surface area contributed by atoms with Gasteiger partial charge in [0.1, 0.15) is 0 Å². The lowest BCUT2D eigenvalue weighted by Gasteiger charge is -2.05. The highest BCUT2D eigenvalue weighted by molar-refractivity contribution is 6.36. The summed E-state index contributed by atoms with van der Waals surface area (Å²) < 4.78 is 2.09. The van der Waals surface area contributed by atoms with Crippen LogP contribution in [-0.4, -0.2) is 4.57 Å². The number of hydrogen-bond donors (Lipinski definition) is 0. The largest absolute Gasteiger partial charge is 0.351 e. The molecule has 0 aliphatic carbocycles. The summed E-state index contributed by atoms with van der Waals surface area (Å²) in [5, 5.41) is 10.4. The fourth-order valence-electron chi connectivity index (χ4n) is 1.88. The molecule has 1 heterocycles. The van der Waals surface area contributed by atoms with Gasteiger partial charge in [0.2, 0.25) is 0 Å². The molecule has 2 rings (SSSR count). The van der Waals surface area contributed by atoms with E-state index in [1.54, 1.807) is 18.2 Å². The second kappa shape index (κ2) is 6.17. The van der Waals surface area contributed by atoms with Crippen molar-refractivity contribution in [2.24, 2.45) is 0 Å². The zero-order chi connectivity index (χ0) is 14.7. The van der Waals surface area contributed by atoms with Gasteiger partial charge < -0.3 is 4.57 Å². The second-order valence-electron chi connectivity index (χ2n) is 4.78. The van der Waals surface area contributed by atoms with Gasteiger partial charge in [0.25, 0.3) is 0 Å². The molecule has 0 saturated heterocycles. The van der Waals surface area contributed by atoms with Crippen molar-refractivity contribution in [3.05, 3.63) is 57.8 Å². The second-order valence-corrected chi connectivity index (χ2v) is 5.62. The first kappa shape index (κ1) is 14.7. The Balaban J connectivity index is 2.41. The topological polar surface area (TPSA) is 28.7 Å². The van der Waals surface area contributed by atoms with Gasteiger partial charge in [0.15, 0.2) is 0 Å². The van der Waals surface area contributed by atoms with Gasteiger partial charge in [0.05, 0.1) is 16.7 Å². The molecular weight excluding hydrogens is 291 g/mol. The normalized spacial score (nSPS) is 11.7. The average Bonchev–Trinajstić information content (AvgIpc) is 2.85. The van der Waals surface area contributed by atoms with Crippen molar-refractivity contribution in [3.8, 4) is 6.07 Å². The SMILES string of the molecule is CC(C)n1ccc(/C=C(\C#N)c2ccc(Cl)cc2Cl)c1. The molecule has 0 N–H and O–H groups in total. The van der Waals surface area contributed by atoms with E-state index in [0.717, 1.165) is 5.56 Å². The molecule has 4 heteroatoms. The van der Waals surface area contributed by atoms with E-state index in [1.165, 1.54) is 0 Å². The monoisotopic (exact) mass is 304 g/mol. The van der Waals surface area contributed by atoms with E-state index in [4.69, 9.17) is 23.2 Å². The predicted molar refractivity (Wildman–Crippen MR) is 84.8 cm³/mol. The minimum absolute atomic E-state index is 0.391. The average molecular weight is 305 g/mol. The number of nitriles is 1. The maximum absolute atomic E-state index is 9.33. The molecule has 1 aromatic heterocycles. The van der Waals surface area contributed by atoms with Gasteiger partial charge >= 0.3 is 0 Å². The van der Waals surface area contributed by atoms with Crippen LogP contribution in [0.2, 0.25) is 10.0 Å². The summed E-state index contributed by atoms with van der Waals surface area (Å²) in [5.41, 5.74) is 2.19. The Morgan fingerprint density at radius 3 is 2.60 bits per heavy atom. The Bertz CT molecular complexity index is 691. The van der Waals surface area contributed by atoms with Crippen LogP contribution in [0.3, 0.4) is 0 Å². The van der Waals surface area contributed by atoms with E-state index in [2.05, 4.69) is 24.5 Å². The van der Waals surface area contributed by atoms with Crippen molar-refractivity contribution < 1.29 is 0 Å². The van der Waals surface area contributed by atoms with Gasteiger partial charge in [-0.05, 0) is 43.7 Å². The first-order valence-corrected chi connectivity index (χ1v) is 7.01. The Labute approximate surface area is 128 Å². The number of halogens is 2. The van der Waals surface area contributed by atoms with Gasteiger partial charge in [0, 0.05) is 29.0 Å². The van der Waals surface area contributed by atoms with Crippen molar-refractivity contribution >= 4 is 34.9 Å². The molecule has 0 spiro atoms. The van der Waals surface area contributed by atoms with E-state index < -0.39 is 0 Å². The number of nitrogens with zero attached hydrogens (tertiary/aromatic N) is 2. The summed E-state index contributed by atoms with van der Waals surface area (Å²) in [6.07, 6.45) is 5.83. The maximum atomic E-state index is 9.33. The molecule has 2 aromatic rings. The van der Waals surface area contributed by atoms with Crippen molar-refractivity contribution in [3.63, 3.8) is 0 Å². The Morgan fingerprint density at radius 1 is 1.30 bits per heavy atom. The van der Waals surface area contributed by atoms with E-state index in [9.17, 15) is 5.26 Å². The molecule has 0 saturated carbocycles. The fraction of sp³-hybridized carbons (Fsp3) is 0.188. The lowest BCUT2D eigenvalue weighted by Crippen LogP contribution is -1.95. The predicted octanol–water partition coefficient (Wildman–Crippen LogP) is 5.44. The molecule has 0 aliphatic heterocycles. The van der Waals surface area contributed by atoms with E-state index in [0.29, 0.717) is 27.2 Å². The minimum atomic E-state index is 0.391. The number of allylic oxidation sites excluding steroid dienone is 1. The highest BCUT2D eigenvalue weighted by Gasteiger charge is 2.08. The van der Waals surface area contributed by atoms with Crippen molar-refractivity contribution in [2.75, 3.05) is 0 Å². The highest BCUT2D eigenvalue weighted by atomic mass is 35.5. The Morgan fingerprint density at radius 2 is 2.05 bits per heavy atom. The number of rotatable bonds is 3. The molecule has 0 unspecified atom stereocenters. The summed E-state index contributed by atoms with van der Waals surface area (Å²) in [4.78, 5) is 0. The van der Waals surface area contributed by atoms with Crippen LogP contribution in [-0.2, 0) is 0 Å². The summed E-state index contributed by atoms with van der Waals surface area (Å²) in [5.74, 6) is 0. The first-order chi connectivity index (χ1) is 9.51. The van der Waals surface area contributed by atoms with Crippen LogP contribution < -0.4 is 0 Å². The summed E-state index contributed by atoms with van der Waals surface area (Å²) >= 11 is 12.0. The first-order valence-electron chi connectivity index (χ1n) is 6.26. The molecule has 0 fully saturated rings. The van der Waals surface area contributed by atoms with Gasteiger partial charge in [-0.2, -0.15) is 5.26 Å². The third kappa shape index (κ3) is 3.25. The molecule has 102 valence electrons. The molecule has 1 aromatic carbocycles. The van der Waals surface area contributed by atoms with Gasteiger partial charge in [-0.25, -0.2) is 0 Å². The third-order valence-electron chi connectivity index (χ3n) is 2.99. The van der Waals surface area contributed by atoms with Crippen molar-refractivity contribution in [1.82, 2.24) is 4.57 Å². The van der Waals surface area contributed by atoms with Crippen LogP contribution in [0.4, 0.5) is 0 Å². The molecule has 0 aliphatic rings. The minimum Gasteiger partial charge on any atom is -0.351 e. The van der Waals surface area contributed by atoms with Gasteiger partial charge in [-0.1, -0.05) is 29.3 Å². The molecular formula is C16H14Cl2N2. The van der Waals surface area contributed by atoms with Crippen LogP contribution in [0.1, 0.15) is 31.0 Å². The van der Waals surface area contributed by atoms with E-state index in [-0.39, 0.29) is 0 Å². The molecule has 20 heavy (non-hydrogen) atoms. The van der Waals surface area contributed by atoms with Crippen molar-refractivity contribution in [2.45, 2.75) is 19.9 Å². The number of benzene rings is 1.